The molecule has 0 spiro atoms. The number of alkyl halides is 3. The van der Waals surface area contributed by atoms with Crippen molar-refractivity contribution in [3.8, 4) is 11.8 Å². The molecule has 1 aromatic heterocycles. The normalized spacial score (nSPS) is 11.9. The number of amides is 1. The number of nitrogens with one attached hydrogen (secondary N) is 1. The minimum Gasteiger partial charge on any atom is -0.321 e. The van der Waals surface area contributed by atoms with Crippen LogP contribution in [0.2, 0.25) is 0 Å². The van der Waals surface area contributed by atoms with Gasteiger partial charge in [0.25, 0.3) is 5.91 Å². The van der Waals surface area contributed by atoms with Gasteiger partial charge in [-0.25, -0.2) is 0 Å². The van der Waals surface area contributed by atoms with Gasteiger partial charge < -0.3 is 9.88 Å². The Labute approximate surface area is 184 Å². The van der Waals surface area contributed by atoms with E-state index in [2.05, 4.69) is 5.32 Å². The Kier molecular flexibility index (Phi) is 6.26. The molecule has 0 saturated carbocycles. The van der Waals surface area contributed by atoms with E-state index in [-0.39, 0.29) is 5.57 Å². The highest BCUT2D eigenvalue weighted by atomic mass is 19.4. The zero-order chi connectivity index (χ0) is 23.6. The molecule has 0 saturated heterocycles. The van der Waals surface area contributed by atoms with Crippen LogP contribution in [-0.2, 0) is 11.0 Å². The Hall–Kier alpha value is -3.79. The fourth-order valence-corrected chi connectivity index (χ4v) is 3.52. The highest BCUT2D eigenvalue weighted by molar-refractivity contribution is 6.10. The number of anilines is 1. The van der Waals surface area contributed by atoms with Crippen LogP contribution in [0.25, 0.3) is 11.8 Å². The number of aromatic nitrogens is 1. The van der Waals surface area contributed by atoms with Crippen LogP contribution in [0.4, 0.5) is 18.9 Å². The van der Waals surface area contributed by atoms with Gasteiger partial charge in [0, 0.05) is 22.8 Å². The minimum atomic E-state index is -4.45. The lowest BCUT2D eigenvalue weighted by molar-refractivity contribution is -0.137. The van der Waals surface area contributed by atoms with E-state index < -0.39 is 17.6 Å². The summed E-state index contributed by atoms with van der Waals surface area (Å²) in [6.07, 6.45) is -3.00. The first-order valence-electron chi connectivity index (χ1n) is 9.88. The Morgan fingerprint density at radius 1 is 1.06 bits per heavy atom. The highest BCUT2D eigenvalue weighted by Gasteiger charge is 2.30. The molecule has 3 rings (SSSR count). The van der Waals surface area contributed by atoms with Crippen molar-refractivity contribution in [2.24, 2.45) is 0 Å². The van der Waals surface area contributed by atoms with Crippen LogP contribution in [0.1, 0.15) is 33.6 Å². The summed E-state index contributed by atoms with van der Waals surface area (Å²) in [6.45, 7) is 7.25. The van der Waals surface area contributed by atoms with Crippen molar-refractivity contribution in [2.75, 3.05) is 5.32 Å². The number of carbonyl (C=O) groups is 1. The molecule has 7 heteroatoms. The van der Waals surface area contributed by atoms with Gasteiger partial charge in [-0.05, 0) is 80.8 Å². The van der Waals surface area contributed by atoms with E-state index in [1.54, 1.807) is 30.5 Å². The number of aryl methyl sites for hydroxylation is 3. The number of hydrogen-bond acceptors (Lipinski definition) is 2. The lowest BCUT2D eigenvalue weighted by atomic mass is 10.1. The topological polar surface area (TPSA) is 57.8 Å². The summed E-state index contributed by atoms with van der Waals surface area (Å²) >= 11 is 0. The molecule has 4 nitrogen and oxygen atoms in total. The average molecular weight is 437 g/mol. The van der Waals surface area contributed by atoms with Gasteiger partial charge in [0.2, 0.25) is 0 Å². The highest BCUT2D eigenvalue weighted by Crippen LogP contribution is 2.32. The number of nitriles is 1. The van der Waals surface area contributed by atoms with Gasteiger partial charge in [-0.15, -0.1) is 0 Å². The van der Waals surface area contributed by atoms with Gasteiger partial charge in [-0.3, -0.25) is 4.79 Å². The predicted molar refractivity (Wildman–Crippen MR) is 118 cm³/mol. The van der Waals surface area contributed by atoms with Crippen LogP contribution < -0.4 is 5.32 Å². The molecule has 0 aliphatic rings. The van der Waals surface area contributed by atoms with Crippen LogP contribution in [-0.4, -0.2) is 10.5 Å². The van der Waals surface area contributed by atoms with E-state index in [0.717, 1.165) is 23.3 Å². The third-order valence-electron chi connectivity index (χ3n) is 5.21. The van der Waals surface area contributed by atoms with Crippen LogP contribution >= 0.6 is 0 Å². The smallest absolute Gasteiger partial charge is 0.321 e. The summed E-state index contributed by atoms with van der Waals surface area (Å²) in [4.78, 5) is 12.7. The fourth-order valence-electron chi connectivity index (χ4n) is 3.52. The molecule has 1 amide bonds. The van der Waals surface area contributed by atoms with E-state index in [9.17, 15) is 23.2 Å². The summed E-state index contributed by atoms with van der Waals surface area (Å²) in [5.74, 6) is -0.551. The van der Waals surface area contributed by atoms with E-state index in [1.165, 1.54) is 12.1 Å². The van der Waals surface area contributed by atoms with Crippen LogP contribution in [0.5, 0.6) is 0 Å². The summed E-state index contributed by atoms with van der Waals surface area (Å²) in [7, 11) is 0. The van der Waals surface area contributed by atoms with Gasteiger partial charge >= 0.3 is 6.18 Å². The van der Waals surface area contributed by atoms with E-state index in [0.29, 0.717) is 28.3 Å². The summed E-state index contributed by atoms with van der Waals surface area (Å²) in [5.41, 5.74) is 3.84. The number of halogens is 3. The summed E-state index contributed by atoms with van der Waals surface area (Å²) < 4.78 is 41.1. The molecule has 0 aliphatic carbocycles. The monoisotopic (exact) mass is 437 g/mol. The molecular weight excluding hydrogens is 415 g/mol. The van der Waals surface area contributed by atoms with Crippen molar-refractivity contribution in [3.05, 3.63) is 87.7 Å². The number of hydrogen-bond donors (Lipinski definition) is 1. The lowest BCUT2D eigenvalue weighted by Crippen LogP contribution is -2.14. The summed E-state index contributed by atoms with van der Waals surface area (Å²) in [5, 5.41) is 12.3. The Morgan fingerprint density at radius 2 is 1.78 bits per heavy atom. The number of benzene rings is 2. The molecule has 0 aliphatic heterocycles. The molecule has 3 aromatic rings. The first-order chi connectivity index (χ1) is 15.0. The maximum atomic E-state index is 13.1. The third kappa shape index (κ3) is 4.75. The molecule has 2 aromatic carbocycles. The third-order valence-corrected chi connectivity index (χ3v) is 5.21. The lowest BCUT2D eigenvalue weighted by Gasteiger charge is -2.13. The van der Waals surface area contributed by atoms with Gasteiger partial charge in [0.1, 0.15) is 11.6 Å². The van der Waals surface area contributed by atoms with Crippen molar-refractivity contribution >= 4 is 17.7 Å². The second-order valence-electron chi connectivity index (χ2n) is 7.65. The molecular formula is C25H22F3N3O. The van der Waals surface area contributed by atoms with Crippen LogP contribution in [0.15, 0.2) is 54.1 Å². The second kappa shape index (κ2) is 8.75. The Morgan fingerprint density at radius 3 is 2.44 bits per heavy atom. The molecule has 1 N–H and O–H groups in total. The number of nitrogens with zero attached hydrogens (tertiary/aromatic N) is 2. The maximum absolute atomic E-state index is 13.1. The van der Waals surface area contributed by atoms with Crippen LogP contribution in [0, 0.1) is 39.0 Å². The van der Waals surface area contributed by atoms with Gasteiger partial charge in [0.05, 0.1) is 5.56 Å². The maximum Gasteiger partial charge on any atom is 0.416 e. The van der Waals surface area contributed by atoms with Crippen molar-refractivity contribution in [2.45, 2.75) is 33.9 Å². The molecule has 0 radical (unpaired) electrons. The Bertz CT molecular complexity index is 1260. The van der Waals surface area contributed by atoms with Crippen molar-refractivity contribution in [3.63, 3.8) is 0 Å². The van der Waals surface area contributed by atoms with E-state index in [1.807, 2.05) is 38.1 Å². The molecule has 164 valence electrons. The van der Waals surface area contributed by atoms with Crippen molar-refractivity contribution < 1.29 is 18.0 Å². The second-order valence-corrected chi connectivity index (χ2v) is 7.65. The zero-order valence-corrected chi connectivity index (χ0v) is 18.1. The SMILES string of the molecule is Cc1ccc(C)c(NC(=O)/C(C#N)=C\c2cc(C)n(-c3cccc(C(F)(F)F)c3)c2C)c1. The molecule has 1 heterocycles. The first-order valence-corrected chi connectivity index (χ1v) is 9.88. The first kappa shape index (κ1) is 22.9. The molecule has 0 atom stereocenters. The van der Waals surface area contributed by atoms with Gasteiger partial charge in [0.15, 0.2) is 0 Å². The average Bonchev–Trinajstić information content (AvgIpc) is 3.01. The van der Waals surface area contributed by atoms with Crippen LogP contribution in [0.3, 0.4) is 0 Å². The number of rotatable bonds is 4. The van der Waals surface area contributed by atoms with E-state index >= 15 is 0 Å². The quantitative estimate of drug-likeness (QED) is 0.386. The fraction of sp³-hybridized carbons (Fsp3) is 0.200. The molecule has 0 bridgehead atoms. The van der Waals surface area contributed by atoms with Gasteiger partial charge in [-0.2, -0.15) is 18.4 Å². The minimum absolute atomic E-state index is 0.102. The van der Waals surface area contributed by atoms with Crippen molar-refractivity contribution in [1.82, 2.24) is 4.57 Å². The largest absolute Gasteiger partial charge is 0.416 e. The van der Waals surface area contributed by atoms with E-state index in [4.69, 9.17) is 0 Å². The molecule has 32 heavy (non-hydrogen) atoms. The molecule has 0 unspecified atom stereocenters. The molecule has 0 fully saturated rings. The van der Waals surface area contributed by atoms with Gasteiger partial charge in [-0.1, -0.05) is 18.2 Å². The zero-order valence-electron chi connectivity index (χ0n) is 18.1. The summed E-state index contributed by atoms with van der Waals surface area (Å²) in [6, 6.07) is 14.3. The number of carbonyl (C=O) groups excluding carboxylic acids is 1. The standard InChI is InChI=1S/C25H22F3N3O/c1-15-8-9-16(2)23(10-15)30-24(32)20(14-29)12-19-11-17(3)31(18(19)4)22-7-5-6-21(13-22)25(26,27)28/h5-13H,1-4H3,(H,30,32)/b20-12-. The predicted octanol–water partition coefficient (Wildman–Crippen LogP) is 6.28. The van der Waals surface area contributed by atoms with Crippen molar-refractivity contribution in [1.29, 1.82) is 5.26 Å². The Balaban J connectivity index is 1.97.